The summed E-state index contributed by atoms with van der Waals surface area (Å²) < 4.78 is 51.2. The van der Waals surface area contributed by atoms with E-state index in [1.807, 2.05) is 0 Å². The molecule has 0 N–H and O–H groups in total. The maximum Gasteiger partial charge on any atom is 0.341 e. The number of carbonyl (C=O) groups excluding carboxylic acids is 1. The van der Waals surface area contributed by atoms with Crippen molar-refractivity contribution >= 4 is 16.2 Å². The van der Waals surface area contributed by atoms with Gasteiger partial charge in [0.15, 0.2) is 0 Å². The van der Waals surface area contributed by atoms with Crippen LogP contribution in [0.15, 0.2) is 23.1 Å². The summed E-state index contributed by atoms with van der Waals surface area (Å²) in [6.07, 6.45) is 0. The summed E-state index contributed by atoms with van der Waals surface area (Å²) in [7, 11) is -4.96. The quantitative estimate of drug-likeness (QED) is 0.604. The fraction of sp³-hybridized carbons (Fsp3) is 0.222. The number of esters is 1. The summed E-state index contributed by atoms with van der Waals surface area (Å²) in [5.74, 6) is -2.00. The van der Waals surface area contributed by atoms with E-state index in [0.717, 1.165) is 6.07 Å². The van der Waals surface area contributed by atoms with Crippen molar-refractivity contribution in [3.8, 4) is 0 Å². The Bertz CT molecular complexity index is 510. The number of carbonyl (C=O) groups is 1. The summed E-state index contributed by atoms with van der Waals surface area (Å²) in [6.45, 7) is 1.51. The van der Waals surface area contributed by atoms with Crippen molar-refractivity contribution in [3.63, 3.8) is 0 Å². The number of ether oxygens (including phenoxy) is 1. The van der Waals surface area contributed by atoms with Crippen LogP contribution in [0.1, 0.15) is 17.3 Å². The molecule has 0 fully saturated rings. The van der Waals surface area contributed by atoms with Gasteiger partial charge in [0, 0.05) is 0 Å². The zero-order valence-corrected chi connectivity index (χ0v) is 9.05. The van der Waals surface area contributed by atoms with Gasteiger partial charge in [0.25, 0.3) is 0 Å². The number of hydrogen-bond acceptors (Lipinski definition) is 4. The van der Waals surface area contributed by atoms with E-state index >= 15 is 0 Å². The number of halogens is 2. The predicted octanol–water partition coefficient (Wildman–Crippen LogP) is 1.66. The molecule has 0 amide bonds. The Kier molecular flexibility index (Phi) is 3.58. The molecule has 0 atom stereocenters. The highest BCUT2D eigenvalue weighted by Crippen LogP contribution is 2.17. The third-order valence-electron chi connectivity index (χ3n) is 1.71. The maximum absolute atomic E-state index is 13.1. The van der Waals surface area contributed by atoms with E-state index in [9.17, 15) is 21.5 Å². The minimum absolute atomic E-state index is 0.00484. The van der Waals surface area contributed by atoms with Gasteiger partial charge < -0.3 is 4.74 Å². The standard InChI is InChI=1S/C9H8F2O4S/c1-2-15-9(12)7-5-6(16(11,13)14)3-4-8(7)10/h3-5H,2H2,1H3. The largest absolute Gasteiger partial charge is 0.462 e. The van der Waals surface area contributed by atoms with E-state index in [0.29, 0.717) is 12.1 Å². The topological polar surface area (TPSA) is 60.4 Å². The molecule has 0 aromatic heterocycles. The Labute approximate surface area is 91.1 Å². The minimum atomic E-state index is -4.96. The Morgan fingerprint density at radius 1 is 1.44 bits per heavy atom. The number of benzene rings is 1. The van der Waals surface area contributed by atoms with Crippen molar-refractivity contribution in [2.24, 2.45) is 0 Å². The maximum atomic E-state index is 13.1. The van der Waals surface area contributed by atoms with Crippen LogP contribution in [0, 0.1) is 5.82 Å². The van der Waals surface area contributed by atoms with E-state index in [1.54, 1.807) is 0 Å². The van der Waals surface area contributed by atoms with E-state index in [1.165, 1.54) is 6.92 Å². The van der Waals surface area contributed by atoms with Gasteiger partial charge in [0.1, 0.15) is 5.82 Å². The fourth-order valence-corrected chi connectivity index (χ4v) is 1.51. The van der Waals surface area contributed by atoms with Crippen LogP contribution in [0.3, 0.4) is 0 Å². The van der Waals surface area contributed by atoms with Gasteiger partial charge >= 0.3 is 16.2 Å². The highest BCUT2D eigenvalue weighted by molar-refractivity contribution is 7.86. The summed E-state index contributed by atoms with van der Waals surface area (Å²) in [4.78, 5) is 10.4. The molecule has 0 unspecified atom stereocenters. The van der Waals surface area contributed by atoms with E-state index in [4.69, 9.17) is 0 Å². The Morgan fingerprint density at radius 2 is 2.06 bits per heavy atom. The molecular formula is C9H8F2O4S. The van der Waals surface area contributed by atoms with Crippen LogP contribution < -0.4 is 0 Å². The fourth-order valence-electron chi connectivity index (χ4n) is 1.02. The molecule has 1 rings (SSSR count). The lowest BCUT2D eigenvalue weighted by molar-refractivity contribution is 0.0520. The monoisotopic (exact) mass is 250 g/mol. The highest BCUT2D eigenvalue weighted by Gasteiger charge is 2.19. The molecule has 0 spiro atoms. The number of hydrogen-bond donors (Lipinski definition) is 0. The predicted molar refractivity (Wildman–Crippen MR) is 50.7 cm³/mol. The van der Waals surface area contributed by atoms with Gasteiger partial charge in [-0.25, -0.2) is 9.18 Å². The van der Waals surface area contributed by atoms with Crippen molar-refractivity contribution < 1.29 is 26.2 Å². The lowest BCUT2D eigenvalue weighted by Gasteiger charge is -2.03. The molecule has 0 radical (unpaired) electrons. The molecular weight excluding hydrogens is 242 g/mol. The average molecular weight is 250 g/mol. The molecule has 88 valence electrons. The molecule has 4 nitrogen and oxygen atoms in total. The first-order valence-electron chi connectivity index (χ1n) is 4.27. The zero-order valence-electron chi connectivity index (χ0n) is 8.24. The second kappa shape index (κ2) is 4.56. The molecule has 0 aliphatic rings. The lowest BCUT2D eigenvalue weighted by atomic mass is 10.2. The molecule has 7 heteroatoms. The van der Waals surface area contributed by atoms with E-state index in [-0.39, 0.29) is 6.61 Å². The number of rotatable bonds is 3. The molecule has 0 aliphatic heterocycles. The molecule has 0 bridgehead atoms. The third-order valence-corrected chi connectivity index (χ3v) is 2.53. The van der Waals surface area contributed by atoms with Crippen LogP contribution in [0.5, 0.6) is 0 Å². The van der Waals surface area contributed by atoms with Gasteiger partial charge in [-0.3, -0.25) is 0 Å². The Hall–Kier alpha value is -1.50. The van der Waals surface area contributed by atoms with Gasteiger partial charge in [-0.2, -0.15) is 8.42 Å². The second-order valence-electron chi connectivity index (χ2n) is 2.80. The molecule has 1 aromatic carbocycles. The van der Waals surface area contributed by atoms with Gasteiger partial charge in [-0.1, -0.05) is 0 Å². The van der Waals surface area contributed by atoms with Crippen molar-refractivity contribution in [2.45, 2.75) is 11.8 Å². The van der Waals surface area contributed by atoms with Crippen molar-refractivity contribution in [3.05, 3.63) is 29.6 Å². The van der Waals surface area contributed by atoms with Crippen LogP contribution >= 0.6 is 0 Å². The van der Waals surface area contributed by atoms with Gasteiger partial charge in [0.2, 0.25) is 0 Å². The highest BCUT2D eigenvalue weighted by atomic mass is 32.3. The Morgan fingerprint density at radius 3 is 2.56 bits per heavy atom. The smallest absolute Gasteiger partial charge is 0.341 e. The molecule has 1 aromatic rings. The molecule has 0 saturated heterocycles. The SMILES string of the molecule is CCOC(=O)c1cc(S(=O)(=O)F)ccc1F. The van der Waals surface area contributed by atoms with Gasteiger partial charge in [0.05, 0.1) is 17.1 Å². The van der Waals surface area contributed by atoms with Crippen LogP contribution in [0.25, 0.3) is 0 Å². The van der Waals surface area contributed by atoms with Crippen molar-refractivity contribution in [2.75, 3.05) is 6.61 Å². The normalized spacial score (nSPS) is 11.2. The van der Waals surface area contributed by atoms with Gasteiger partial charge in [-0.05, 0) is 25.1 Å². The molecule has 16 heavy (non-hydrogen) atoms. The minimum Gasteiger partial charge on any atom is -0.462 e. The summed E-state index contributed by atoms with van der Waals surface area (Å²) >= 11 is 0. The molecule has 0 saturated carbocycles. The average Bonchev–Trinajstić information content (AvgIpc) is 2.16. The summed E-state index contributed by atoms with van der Waals surface area (Å²) in [5, 5.41) is 0. The summed E-state index contributed by atoms with van der Waals surface area (Å²) in [6, 6.07) is 2.02. The summed E-state index contributed by atoms with van der Waals surface area (Å²) in [5.41, 5.74) is -0.611. The van der Waals surface area contributed by atoms with E-state index < -0.39 is 32.5 Å². The lowest BCUT2D eigenvalue weighted by Crippen LogP contribution is -2.08. The van der Waals surface area contributed by atoms with Crippen LogP contribution in [-0.4, -0.2) is 21.0 Å². The first-order valence-corrected chi connectivity index (χ1v) is 5.66. The molecule has 0 aliphatic carbocycles. The van der Waals surface area contributed by atoms with Crippen LogP contribution in [0.4, 0.5) is 8.28 Å². The van der Waals surface area contributed by atoms with E-state index in [2.05, 4.69) is 4.74 Å². The van der Waals surface area contributed by atoms with Crippen molar-refractivity contribution in [1.82, 2.24) is 0 Å². The van der Waals surface area contributed by atoms with Gasteiger partial charge in [-0.15, -0.1) is 3.89 Å². The first-order chi connectivity index (χ1) is 7.36. The molecule has 0 heterocycles. The second-order valence-corrected chi connectivity index (χ2v) is 4.15. The van der Waals surface area contributed by atoms with Crippen LogP contribution in [-0.2, 0) is 15.0 Å². The van der Waals surface area contributed by atoms with Crippen LogP contribution in [0.2, 0.25) is 0 Å². The Balaban J connectivity index is 3.24. The zero-order chi connectivity index (χ0) is 12.3. The van der Waals surface area contributed by atoms with Crippen molar-refractivity contribution in [1.29, 1.82) is 0 Å². The third kappa shape index (κ3) is 2.75. The first kappa shape index (κ1) is 12.6.